The van der Waals surface area contributed by atoms with E-state index in [4.69, 9.17) is 5.73 Å². The molecule has 0 spiro atoms. The van der Waals surface area contributed by atoms with Crippen LogP contribution < -0.4 is 5.73 Å². The lowest BCUT2D eigenvalue weighted by molar-refractivity contribution is 0.180. The fraction of sp³-hybridized carbons (Fsp3) is 0.250. The van der Waals surface area contributed by atoms with Gasteiger partial charge in [0.1, 0.15) is 10.7 Å². The quantitative estimate of drug-likeness (QED) is 0.820. The molecular formula is C8H9BrN4O. The molecule has 2 aromatic heterocycles. The van der Waals surface area contributed by atoms with Gasteiger partial charge in [-0.05, 0) is 22.0 Å². The van der Waals surface area contributed by atoms with Crippen LogP contribution in [-0.2, 0) is 0 Å². The van der Waals surface area contributed by atoms with Gasteiger partial charge in [-0.15, -0.1) is 0 Å². The minimum absolute atomic E-state index is 0.154. The maximum absolute atomic E-state index is 9.65. The van der Waals surface area contributed by atoms with Crippen LogP contribution in [0.1, 0.15) is 11.8 Å². The monoisotopic (exact) mass is 256 g/mol. The van der Waals surface area contributed by atoms with Gasteiger partial charge in [-0.3, -0.25) is 4.40 Å². The number of hydrogen-bond donors (Lipinski definition) is 2. The first-order valence-electron chi connectivity index (χ1n) is 4.10. The number of aromatic nitrogens is 3. The van der Waals surface area contributed by atoms with E-state index in [1.165, 1.54) is 0 Å². The van der Waals surface area contributed by atoms with E-state index in [0.29, 0.717) is 16.1 Å². The van der Waals surface area contributed by atoms with Crippen LogP contribution in [-0.4, -0.2) is 26.0 Å². The first-order chi connectivity index (χ1) is 6.74. The predicted molar refractivity (Wildman–Crippen MR) is 54.7 cm³/mol. The first-order valence-corrected chi connectivity index (χ1v) is 4.90. The Labute approximate surface area is 88.7 Å². The van der Waals surface area contributed by atoms with Crippen LogP contribution in [0.15, 0.2) is 23.1 Å². The minimum atomic E-state index is -0.733. The largest absolute Gasteiger partial charge is 0.385 e. The summed E-state index contributed by atoms with van der Waals surface area (Å²) < 4.78 is 2.29. The molecule has 14 heavy (non-hydrogen) atoms. The fourth-order valence-corrected chi connectivity index (χ4v) is 1.90. The van der Waals surface area contributed by atoms with Crippen LogP contribution in [0.5, 0.6) is 0 Å². The van der Waals surface area contributed by atoms with Crippen LogP contribution in [0.2, 0.25) is 0 Å². The Hall–Kier alpha value is -0.980. The molecule has 2 heterocycles. The molecule has 2 rings (SSSR count). The zero-order valence-electron chi connectivity index (χ0n) is 7.26. The molecule has 0 bridgehead atoms. The molecule has 0 aromatic carbocycles. The van der Waals surface area contributed by atoms with Gasteiger partial charge < -0.3 is 10.8 Å². The lowest BCUT2D eigenvalue weighted by atomic mass is 10.3. The van der Waals surface area contributed by atoms with Crippen LogP contribution in [0.3, 0.4) is 0 Å². The molecule has 2 aromatic rings. The van der Waals surface area contributed by atoms with Gasteiger partial charge in [-0.2, -0.15) is 0 Å². The molecule has 0 aliphatic heterocycles. The summed E-state index contributed by atoms with van der Waals surface area (Å²) in [7, 11) is 0. The molecule has 1 unspecified atom stereocenters. The number of aliphatic hydroxyl groups is 1. The van der Waals surface area contributed by atoms with E-state index >= 15 is 0 Å². The molecule has 0 radical (unpaired) electrons. The van der Waals surface area contributed by atoms with Crippen molar-refractivity contribution in [2.45, 2.75) is 6.10 Å². The van der Waals surface area contributed by atoms with Gasteiger partial charge in [-0.25, -0.2) is 9.97 Å². The van der Waals surface area contributed by atoms with Gasteiger partial charge in [0, 0.05) is 18.9 Å². The maximum atomic E-state index is 9.65. The van der Waals surface area contributed by atoms with Gasteiger partial charge in [0.15, 0.2) is 0 Å². The third-order valence-corrected chi connectivity index (χ3v) is 2.52. The number of nitrogens with two attached hydrogens (primary N) is 1. The smallest absolute Gasteiger partial charge is 0.235 e. The molecule has 0 aliphatic carbocycles. The van der Waals surface area contributed by atoms with E-state index in [-0.39, 0.29) is 6.54 Å². The number of halogens is 1. The summed E-state index contributed by atoms with van der Waals surface area (Å²) in [4.78, 5) is 8.18. The molecule has 0 saturated carbocycles. The first kappa shape index (κ1) is 9.57. The molecular weight excluding hydrogens is 248 g/mol. The van der Waals surface area contributed by atoms with Crippen molar-refractivity contribution in [2.24, 2.45) is 5.73 Å². The zero-order valence-corrected chi connectivity index (χ0v) is 8.85. The van der Waals surface area contributed by atoms with Crippen molar-refractivity contribution in [3.8, 4) is 0 Å². The molecule has 5 nitrogen and oxygen atoms in total. The summed E-state index contributed by atoms with van der Waals surface area (Å²) in [6.07, 6.45) is 2.70. The van der Waals surface area contributed by atoms with Gasteiger partial charge in [0.25, 0.3) is 0 Å². The highest BCUT2D eigenvalue weighted by atomic mass is 79.9. The Bertz CT molecular complexity index is 456. The highest BCUT2D eigenvalue weighted by molar-refractivity contribution is 9.10. The Balaban J connectivity index is 2.67. The Morgan fingerprint density at radius 3 is 3.14 bits per heavy atom. The second-order valence-corrected chi connectivity index (χ2v) is 3.58. The van der Waals surface area contributed by atoms with E-state index < -0.39 is 6.10 Å². The van der Waals surface area contributed by atoms with Crippen molar-refractivity contribution in [2.75, 3.05) is 6.54 Å². The van der Waals surface area contributed by atoms with E-state index in [0.717, 1.165) is 0 Å². The summed E-state index contributed by atoms with van der Waals surface area (Å²) in [6.45, 7) is 0.154. The predicted octanol–water partition coefficient (Wildman–Crippen LogP) is 0.484. The van der Waals surface area contributed by atoms with Crippen molar-refractivity contribution in [1.29, 1.82) is 0 Å². The molecule has 74 valence electrons. The Kier molecular flexibility index (Phi) is 2.49. The van der Waals surface area contributed by atoms with Crippen LogP contribution in [0, 0.1) is 0 Å². The van der Waals surface area contributed by atoms with Gasteiger partial charge in [0.2, 0.25) is 5.78 Å². The summed E-state index contributed by atoms with van der Waals surface area (Å²) in [5.74, 6) is 0.543. The summed E-state index contributed by atoms with van der Waals surface area (Å²) in [6, 6.07) is 1.77. The molecule has 0 aliphatic rings. The second kappa shape index (κ2) is 3.64. The SMILES string of the molecule is NCC(O)c1c(Br)nc2ncccn12. The average molecular weight is 257 g/mol. The number of imidazole rings is 1. The van der Waals surface area contributed by atoms with Crippen molar-refractivity contribution in [3.63, 3.8) is 0 Å². The third kappa shape index (κ3) is 1.41. The van der Waals surface area contributed by atoms with Crippen molar-refractivity contribution in [1.82, 2.24) is 14.4 Å². The molecule has 0 saturated heterocycles. The number of fused-ring (bicyclic) bond motifs is 1. The van der Waals surface area contributed by atoms with Gasteiger partial charge in [0.05, 0.1) is 5.69 Å². The molecule has 1 atom stereocenters. The minimum Gasteiger partial charge on any atom is -0.385 e. The van der Waals surface area contributed by atoms with E-state index in [9.17, 15) is 5.11 Å². The number of hydrogen-bond acceptors (Lipinski definition) is 4. The van der Waals surface area contributed by atoms with Crippen LogP contribution >= 0.6 is 15.9 Å². The molecule has 3 N–H and O–H groups in total. The topological polar surface area (TPSA) is 76.4 Å². The summed E-state index contributed by atoms with van der Waals surface area (Å²) in [5.41, 5.74) is 6.03. The average Bonchev–Trinajstić information content (AvgIpc) is 2.53. The Morgan fingerprint density at radius 2 is 2.43 bits per heavy atom. The zero-order chi connectivity index (χ0) is 10.1. The van der Waals surface area contributed by atoms with Gasteiger partial charge in [-0.1, -0.05) is 0 Å². The highest BCUT2D eigenvalue weighted by Crippen LogP contribution is 2.22. The van der Waals surface area contributed by atoms with Crippen LogP contribution in [0.25, 0.3) is 5.78 Å². The summed E-state index contributed by atoms with van der Waals surface area (Å²) in [5, 5.41) is 9.65. The number of rotatable bonds is 2. The number of nitrogens with zero attached hydrogens (tertiary/aromatic N) is 3. The summed E-state index contributed by atoms with van der Waals surface area (Å²) >= 11 is 3.26. The maximum Gasteiger partial charge on any atom is 0.235 e. The normalized spacial score (nSPS) is 13.4. The Morgan fingerprint density at radius 1 is 1.64 bits per heavy atom. The van der Waals surface area contributed by atoms with E-state index in [1.54, 1.807) is 22.9 Å². The fourth-order valence-electron chi connectivity index (χ4n) is 1.29. The number of aliphatic hydroxyl groups excluding tert-OH is 1. The van der Waals surface area contributed by atoms with E-state index in [2.05, 4.69) is 25.9 Å². The lowest BCUT2D eigenvalue weighted by Gasteiger charge is -2.07. The van der Waals surface area contributed by atoms with E-state index in [1.807, 2.05) is 0 Å². The molecule has 6 heteroatoms. The van der Waals surface area contributed by atoms with Crippen LogP contribution in [0.4, 0.5) is 0 Å². The van der Waals surface area contributed by atoms with Crippen molar-refractivity contribution >= 4 is 21.7 Å². The van der Waals surface area contributed by atoms with Crippen molar-refractivity contribution in [3.05, 3.63) is 28.8 Å². The van der Waals surface area contributed by atoms with Gasteiger partial charge >= 0.3 is 0 Å². The highest BCUT2D eigenvalue weighted by Gasteiger charge is 2.16. The standard InChI is InChI=1S/C8H9BrN4O/c9-7-6(5(14)4-10)13-3-1-2-11-8(13)12-7/h1-3,5,14H,4,10H2. The molecule has 0 fully saturated rings. The van der Waals surface area contributed by atoms with Crippen molar-refractivity contribution < 1.29 is 5.11 Å². The molecule has 0 amide bonds. The lowest BCUT2D eigenvalue weighted by Crippen LogP contribution is -2.14. The second-order valence-electron chi connectivity index (χ2n) is 2.83. The third-order valence-electron chi connectivity index (χ3n) is 1.93.